The van der Waals surface area contributed by atoms with Crippen LogP contribution in [0.2, 0.25) is 0 Å². The number of benzene rings is 2. The number of fused-ring (bicyclic) bond motifs is 2. The third kappa shape index (κ3) is 4.23. The maximum atomic E-state index is 13.5. The molecule has 1 N–H and O–H groups in total. The molecule has 0 spiro atoms. The standard InChI is InChI=1S/C27H21N3O5S/c1-14(2)35-27(32)24-15(3)19(12-28)26(36-24)30-25(31)18-11-21(29-20-7-5-4-6-17(18)20)16-8-9-22-23(10-16)34-13-33-22/h4-11,14H,13H2,1-3H3,(H,30,31). The number of amides is 1. The van der Waals surface area contributed by atoms with E-state index in [-0.39, 0.29) is 23.3 Å². The molecule has 0 radical (unpaired) electrons. The number of hydrogen-bond acceptors (Lipinski definition) is 8. The molecular formula is C27H21N3O5S. The van der Waals surface area contributed by atoms with Crippen LogP contribution in [0.5, 0.6) is 11.5 Å². The highest BCUT2D eigenvalue weighted by Gasteiger charge is 2.24. The Balaban J connectivity index is 1.55. The first kappa shape index (κ1) is 23.3. The number of hydrogen-bond donors (Lipinski definition) is 1. The maximum absolute atomic E-state index is 13.5. The highest BCUT2D eigenvalue weighted by atomic mass is 32.1. The molecule has 2 aromatic carbocycles. The molecule has 0 unspecified atom stereocenters. The van der Waals surface area contributed by atoms with Crippen LogP contribution in [-0.2, 0) is 4.74 Å². The molecule has 0 fully saturated rings. The molecule has 0 saturated heterocycles. The number of esters is 1. The van der Waals surface area contributed by atoms with Gasteiger partial charge in [-0.3, -0.25) is 4.79 Å². The predicted octanol–water partition coefficient (Wildman–Crippen LogP) is 5.69. The van der Waals surface area contributed by atoms with E-state index < -0.39 is 11.9 Å². The van der Waals surface area contributed by atoms with Crippen molar-refractivity contribution in [1.29, 1.82) is 5.26 Å². The zero-order valence-electron chi connectivity index (χ0n) is 19.7. The number of ether oxygens (including phenoxy) is 3. The zero-order chi connectivity index (χ0) is 25.4. The second-order valence-electron chi connectivity index (χ2n) is 8.42. The molecule has 1 aliphatic heterocycles. The van der Waals surface area contributed by atoms with Crippen molar-refractivity contribution in [3.05, 3.63) is 70.1 Å². The van der Waals surface area contributed by atoms with Gasteiger partial charge in [0.2, 0.25) is 6.79 Å². The summed E-state index contributed by atoms with van der Waals surface area (Å²) in [6.07, 6.45) is -0.305. The van der Waals surface area contributed by atoms with Gasteiger partial charge in [0, 0.05) is 10.9 Å². The predicted molar refractivity (Wildman–Crippen MR) is 136 cm³/mol. The number of aromatic nitrogens is 1. The molecule has 3 heterocycles. The van der Waals surface area contributed by atoms with E-state index in [2.05, 4.69) is 11.4 Å². The molecule has 1 amide bonds. The number of rotatable bonds is 5. The summed E-state index contributed by atoms with van der Waals surface area (Å²) in [5.41, 5.74) is 3.09. The number of nitriles is 1. The lowest BCUT2D eigenvalue weighted by molar-refractivity contribution is 0.0383. The Kier molecular flexibility index (Phi) is 6.04. The first-order valence-electron chi connectivity index (χ1n) is 11.2. The molecule has 0 saturated carbocycles. The Morgan fingerprint density at radius 3 is 2.69 bits per heavy atom. The minimum atomic E-state index is -0.524. The van der Waals surface area contributed by atoms with Crippen LogP contribution in [0.1, 0.15) is 45.0 Å². The van der Waals surface area contributed by atoms with E-state index in [0.717, 1.165) is 16.9 Å². The second kappa shape index (κ2) is 9.32. The van der Waals surface area contributed by atoms with Crippen LogP contribution in [0.25, 0.3) is 22.2 Å². The number of carbonyl (C=O) groups is 2. The van der Waals surface area contributed by atoms with Crippen molar-refractivity contribution in [3.8, 4) is 28.8 Å². The molecule has 0 bridgehead atoms. The van der Waals surface area contributed by atoms with Crippen molar-refractivity contribution in [2.45, 2.75) is 26.9 Å². The van der Waals surface area contributed by atoms with Crippen LogP contribution < -0.4 is 14.8 Å². The van der Waals surface area contributed by atoms with Crippen molar-refractivity contribution < 1.29 is 23.8 Å². The summed E-state index contributed by atoms with van der Waals surface area (Å²) in [5, 5.41) is 13.5. The number of nitrogens with zero attached hydrogens (tertiary/aromatic N) is 2. The molecule has 9 heteroatoms. The number of carbonyl (C=O) groups excluding carboxylic acids is 2. The number of nitrogens with one attached hydrogen (secondary N) is 1. The third-order valence-corrected chi connectivity index (χ3v) is 6.83. The maximum Gasteiger partial charge on any atom is 0.348 e. The summed E-state index contributed by atoms with van der Waals surface area (Å²) in [6, 6.07) is 16.6. The van der Waals surface area contributed by atoms with Crippen LogP contribution in [0.3, 0.4) is 0 Å². The molecule has 8 nitrogen and oxygen atoms in total. The van der Waals surface area contributed by atoms with Gasteiger partial charge >= 0.3 is 5.97 Å². The van der Waals surface area contributed by atoms with Gasteiger partial charge in [-0.1, -0.05) is 18.2 Å². The Morgan fingerprint density at radius 1 is 1.14 bits per heavy atom. The van der Waals surface area contributed by atoms with Gasteiger partial charge in [-0.25, -0.2) is 9.78 Å². The molecule has 5 rings (SSSR count). The molecule has 1 aliphatic rings. The number of anilines is 1. The molecule has 0 atom stereocenters. The Bertz CT molecular complexity index is 1570. The van der Waals surface area contributed by atoms with Crippen molar-refractivity contribution in [2.75, 3.05) is 12.1 Å². The van der Waals surface area contributed by atoms with Gasteiger partial charge in [0.05, 0.1) is 28.4 Å². The number of para-hydroxylation sites is 1. The van der Waals surface area contributed by atoms with Gasteiger partial charge in [0.25, 0.3) is 5.91 Å². The largest absolute Gasteiger partial charge is 0.459 e. The van der Waals surface area contributed by atoms with Gasteiger partial charge in [-0.2, -0.15) is 5.26 Å². The fourth-order valence-electron chi connectivity index (χ4n) is 3.94. The average molecular weight is 500 g/mol. The Morgan fingerprint density at radius 2 is 1.92 bits per heavy atom. The Hall–Kier alpha value is -4.42. The van der Waals surface area contributed by atoms with Gasteiger partial charge in [-0.05, 0) is 56.7 Å². The van der Waals surface area contributed by atoms with E-state index in [9.17, 15) is 14.9 Å². The fourth-order valence-corrected chi connectivity index (χ4v) is 4.97. The minimum Gasteiger partial charge on any atom is -0.459 e. The van der Waals surface area contributed by atoms with Crippen molar-refractivity contribution in [2.24, 2.45) is 0 Å². The summed E-state index contributed by atoms with van der Waals surface area (Å²) < 4.78 is 16.2. The van der Waals surface area contributed by atoms with Crippen molar-refractivity contribution in [1.82, 2.24) is 4.98 Å². The van der Waals surface area contributed by atoms with Crippen molar-refractivity contribution >= 4 is 39.1 Å². The highest BCUT2D eigenvalue weighted by molar-refractivity contribution is 7.18. The average Bonchev–Trinajstić information content (AvgIpc) is 3.46. The topological polar surface area (TPSA) is 111 Å². The van der Waals surface area contributed by atoms with E-state index in [1.807, 2.05) is 36.4 Å². The molecule has 36 heavy (non-hydrogen) atoms. The summed E-state index contributed by atoms with van der Waals surface area (Å²) in [4.78, 5) is 31.1. The van der Waals surface area contributed by atoms with Gasteiger partial charge in [0.1, 0.15) is 15.9 Å². The summed E-state index contributed by atoms with van der Waals surface area (Å²) in [6.45, 7) is 5.33. The first-order chi connectivity index (χ1) is 17.4. The molecule has 4 aromatic rings. The van der Waals surface area contributed by atoms with Gasteiger partial charge in [-0.15, -0.1) is 11.3 Å². The molecule has 180 valence electrons. The fraction of sp³-hybridized carbons (Fsp3) is 0.185. The quantitative estimate of drug-likeness (QED) is 0.351. The summed E-state index contributed by atoms with van der Waals surface area (Å²) in [5.74, 6) is 0.324. The highest BCUT2D eigenvalue weighted by Crippen LogP contribution is 2.37. The lowest BCUT2D eigenvalue weighted by atomic mass is 10.0. The Labute approximate surface area is 211 Å². The molecule has 0 aliphatic carbocycles. The molecule has 2 aromatic heterocycles. The third-order valence-electron chi connectivity index (χ3n) is 5.64. The zero-order valence-corrected chi connectivity index (χ0v) is 20.6. The van der Waals surface area contributed by atoms with Gasteiger partial charge in [0.15, 0.2) is 11.5 Å². The van der Waals surface area contributed by atoms with E-state index in [1.165, 1.54) is 0 Å². The molecular weight excluding hydrogens is 478 g/mol. The summed E-state index contributed by atoms with van der Waals surface area (Å²) >= 11 is 1.03. The van der Waals surface area contributed by atoms with E-state index in [4.69, 9.17) is 19.2 Å². The van der Waals surface area contributed by atoms with Crippen molar-refractivity contribution in [3.63, 3.8) is 0 Å². The first-order valence-corrected chi connectivity index (χ1v) is 12.0. The summed E-state index contributed by atoms with van der Waals surface area (Å²) in [7, 11) is 0. The number of pyridine rings is 1. The van der Waals surface area contributed by atoms with Crippen LogP contribution in [0.15, 0.2) is 48.5 Å². The number of thiophene rings is 1. The smallest absolute Gasteiger partial charge is 0.348 e. The van der Waals surface area contributed by atoms with Crippen LogP contribution in [0.4, 0.5) is 5.00 Å². The van der Waals surface area contributed by atoms with Crippen LogP contribution in [-0.4, -0.2) is 29.8 Å². The SMILES string of the molecule is Cc1c(C(=O)OC(C)C)sc(NC(=O)c2cc(-c3ccc4c(c3)OCO4)nc3ccccc23)c1C#N. The van der Waals surface area contributed by atoms with Gasteiger partial charge < -0.3 is 19.5 Å². The minimum absolute atomic E-state index is 0.158. The lowest BCUT2D eigenvalue weighted by Crippen LogP contribution is -2.13. The van der Waals surface area contributed by atoms with Crippen LogP contribution >= 0.6 is 11.3 Å². The normalized spacial score (nSPS) is 12.0. The van der Waals surface area contributed by atoms with Crippen LogP contribution in [0, 0.1) is 18.3 Å². The van der Waals surface area contributed by atoms with E-state index >= 15 is 0 Å². The second-order valence-corrected chi connectivity index (χ2v) is 9.44. The van der Waals surface area contributed by atoms with E-state index in [0.29, 0.717) is 44.2 Å². The van der Waals surface area contributed by atoms with E-state index in [1.54, 1.807) is 32.9 Å². The lowest BCUT2D eigenvalue weighted by Gasteiger charge is -2.11. The monoisotopic (exact) mass is 499 g/mol.